The highest BCUT2D eigenvalue weighted by molar-refractivity contribution is 5.65. The molecule has 33 heavy (non-hydrogen) atoms. The van der Waals surface area contributed by atoms with Crippen molar-refractivity contribution >= 4 is 17.6 Å². The minimum Gasteiger partial charge on any atom is -0.368 e. The van der Waals surface area contributed by atoms with Crippen LogP contribution in [0.3, 0.4) is 0 Å². The Morgan fingerprint density at radius 3 is 2.73 bits per heavy atom. The number of fused-ring (bicyclic) bond motifs is 2. The zero-order chi connectivity index (χ0) is 22.5. The molecule has 1 aromatic carbocycles. The van der Waals surface area contributed by atoms with E-state index < -0.39 is 0 Å². The van der Waals surface area contributed by atoms with E-state index in [1.54, 1.807) is 0 Å². The zero-order valence-electron chi connectivity index (χ0n) is 19.5. The number of nitrogens with zero attached hydrogens (tertiary/aromatic N) is 7. The third-order valence-electron chi connectivity index (χ3n) is 7.55. The number of rotatable bonds is 3. The van der Waals surface area contributed by atoms with Crippen LogP contribution in [0.1, 0.15) is 30.9 Å². The lowest BCUT2D eigenvalue weighted by Gasteiger charge is -2.39. The van der Waals surface area contributed by atoms with E-state index in [0.29, 0.717) is 18.0 Å². The SMILES string of the molecule is CC1Cc2ccc(-c3cnn(C)c3)cc2CN1c1cc(N2CCN3CCCC3C2)nc(N)n1. The summed E-state index contributed by atoms with van der Waals surface area (Å²) in [5.74, 6) is 2.25. The van der Waals surface area contributed by atoms with Gasteiger partial charge in [0.05, 0.1) is 6.20 Å². The van der Waals surface area contributed by atoms with Crippen molar-refractivity contribution in [3.05, 3.63) is 47.8 Å². The van der Waals surface area contributed by atoms with Gasteiger partial charge < -0.3 is 15.5 Å². The summed E-state index contributed by atoms with van der Waals surface area (Å²) in [6.07, 6.45) is 7.56. The van der Waals surface area contributed by atoms with E-state index in [1.807, 2.05) is 17.9 Å². The maximum absolute atomic E-state index is 6.23. The Morgan fingerprint density at radius 2 is 1.88 bits per heavy atom. The molecule has 0 radical (unpaired) electrons. The summed E-state index contributed by atoms with van der Waals surface area (Å²) in [7, 11) is 1.95. The maximum Gasteiger partial charge on any atom is 0.223 e. The lowest BCUT2D eigenvalue weighted by atomic mass is 9.92. The monoisotopic (exact) mass is 444 g/mol. The molecule has 0 spiro atoms. The number of nitrogen functional groups attached to an aromatic ring is 1. The average Bonchev–Trinajstić information content (AvgIpc) is 3.46. The number of nitrogens with two attached hydrogens (primary N) is 1. The first-order valence-corrected chi connectivity index (χ1v) is 12.0. The molecule has 2 N–H and O–H groups in total. The summed E-state index contributed by atoms with van der Waals surface area (Å²) in [6, 6.07) is 9.91. The molecule has 3 aliphatic rings. The van der Waals surface area contributed by atoms with Gasteiger partial charge in [0.25, 0.3) is 0 Å². The number of aromatic nitrogens is 4. The lowest BCUT2D eigenvalue weighted by Crippen LogP contribution is -2.50. The van der Waals surface area contributed by atoms with Crippen molar-refractivity contribution in [2.45, 2.75) is 44.8 Å². The highest BCUT2D eigenvalue weighted by atomic mass is 15.3. The van der Waals surface area contributed by atoms with Crippen LogP contribution in [0.4, 0.5) is 17.6 Å². The lowest BCUT2D eigenvalue weighted by molar-refractivity contribution is 0.230. The molecule has 2 aromatic heterocycles. The standard InChI is InChI=1S/C25H32N8/c1-17-10-18-5-6-19(21-13-27-30(2)14-21)11-20(18)15-33(17)24-12-23(28-25(26)29-24)32-9-8-31-7-3-4-22(31)16-32/h5-6,11-14,17,22H,3-4,7-10,15-16H2,1-2H3,(H2,26,28,29). The summed E-state index contributed by atoms with van der Waals surface area (Å²) in [4.78, 5) is 16.7. The molecule has 2 atom stereocenters. The molecule has 2 unspecified atom stereocenters. The molecule has 172 valence electrons. The molecule has 0 aliphatic carbocycles. The van der Waals surface area contributed by atoms with Crippen molar-refractivity contribution in [1.29, 1.82) is 0 Å². The smallest absolute Gasteiger partial charge is 0.223 e. The average molecular weight is 445 g/mol. The Labute approximate surface area is 195 Å². The van der Waals surface area contributed by atoms with Crippen molar-refractivity contribution in [2.75, 3.05) is 41.7 Å². The summed E-state index contributed by atoms with van der Waals surface area (Å²) >= 11 is 0. The minimum atomic E-state index is 0.343. The summed E-state index contributed by atoms with van der Waals surface area (Å²) in [5, 5.41) is 4.33. The molecule has 8 nitrogen and oxygen atoms in total. The number of piperazine rings is 1. The van der Waals surface area contributed by atoms with E-state index in [0.717, 1.165) is 49.8 Å². The van der Waals surface area contributed by atoms with Crippen molar-refractivity contribution < 1.29 is 0 Å². The van der Waals surface area contributed by atoms with Gasteiger partial charge in [0.15, 0.2) is 0 Å². The van der Waals surface area contributed by atoms with Crippen molar-refractivity contribution in [1.82, 2.24) is 24.6 Å². The second kappa shape index (κ2) is 8.02. The van der Waals surface area contributed by atoms with Crippen LogP contribution in [0.2, 0.25) is 0 Å². The Kier molecular flexibility index (Phi) is 4.98. The van der Waals surface area contributed by atoms with Gasteiger partial charge >= 0.3 is 0 Å². The maximum atomic E-state index is 6.23. The van der Waals surface area contributed by atoms with Gasteiger partial charge in [-0.3, -0.25) is 9.58 Å². The molecule has 0 amide bonds. The Hall–Kier alpha value is -3.13. The van der Waals surface area contributed by atoms with Crippen LogP contribution in [-0.4, -0.2) is 62.9 Å². The molecule has 8 heteroatoms. The molecule has 2 fully saturated rings. The number of hydrogen-bond acceptors (Lipinski definition) is 7. The fourth-order valence-electron chi connectivity index (χ4n) is 5.74. The third kappa shape index (κ3) is 3.82. The van der Waals surface area contributed by atoms with Gasteiger partial charge in [-0.15, -0.1) is 0 Å². The zero-order valence-corrected chi connectivity index (χ0v) is 19.5. The van der Waals surface area contributed by atoms with E-state index in [1.165, 1.54) is 36.1 Å². The fraction of sp³-hybridized carbons (Fsp3) is 0.480. The summed E-state index contributed by atoms with van der Waals surface area (Å²) < 4.78 is 1.85. The molecule has 6 rings (SSSR count). The van der Waals surface area contributed by atoms with Crippen LogP contribution >= 0.6 is 0 Å². The van der Waals surface area contributed by atoms with Gasteiger partial charge in [-0.2, -0.15) is 15.1 Å². The highest BCUT2D eigenvalue weighted by Crippen LogP contribution is 2.33. The largest absolute Gasteiger partial charge is 0.368 e. The van der Waals surface area contributed by atoms with E-state index in [2.05, 4.69) is 67.2 Å². The first kappa shape index (κ1) is 20.5. The molecule has 3 aromatic rings. The molecule has 0 saturated carbocycles. The van der Waals surface area contributed by atoms with E-state index in [9.17, 15) is 0 Å². The van der Waals surface area contributed by atoms with Gasteiger partial charge in [-0.05, 0) is 55.5 Å². The number of benzene rings is 1. The summed E-state index contributed by atoms with van der Waals surface area (Å²) in [5.41, 5.74) is 11.3. The van der Waals surface area contributed by atoms with Gasteiger partial charge in [0.1, 0.15) is 11.6 Å². The van der Waals surface area contributed by atoms with E-state index in [4.69, 9.17) is 5.73 Å². The number of hydrogen-bond donors (Lipinski definition) is 1. The predicted molar refractivity (Wildman–Crippen MR) is 131 cm³/mol. The normalized spacial score (nSPS) is 23.0. The van der Waals surface area contributed by atoms with Crippen LogP contribution in [0.25, 0.3) is 11.1 Å². The first-order valence-electron chi connectivity index (χ1n) is 12.0. The molecule has 0 bridgehead atoms. The topological polar surface area (TPSA) is 79.3 Å². The van der Waals surface area contributed by atoms with Crippen LogP contribution in [0.5, 0.6) is 0 Å². The van der Waals surface area contributed by atoms with Crippen LogP contribution in [-0.2, 0) is 20.0 Å². The van der Waals surface area contributed by atoms with Gasteiger partial charge in [-0.25, -0.2) is 0 Å². The van der Waals surface area contributed by atoms with Crippen LogP contribution in [0.15, 0.2) is 36.7 Å². The molecule has 5 heterocycles. The van der Waals surface area contributed by atoms with Gasteiger partial charge in [0, 0.05) is 63.1 Å². The number of anilines is 3. The van der Waals surface area contributed by atoms with Crippen LogP contribution < -0.4 is 15.5 Å². The second-order valence-electron chi connectivity index (χ2n) is 9.79. The fourth-order valence-corrected chi connectivity index (χ4v) is 5.74. The van der Waals surface area contributed by atoms with Crippen molar-refractivity contribution in [2.24, 2.45) is 7.05 Å². The second-order valence-corrected chi connectivity index (χ2v) is 9.79. The molecule has 3 aliphatic heterocycles. The third-order valence-corrected chi connectivity index (χ3v) is 7.55. The van der Waals surface area contributed by atoms with E-state index >= 15 is 0 Å². The predicted octanol–water partition coefficient (Wildman–Crippen LogP) is 2.69. The van der Waals surface area contributed by atoms with Crippen molar-refractivity contribution in [3.63, 3.8) is 0 Å². The van der Waals surface area contributed by atoms with Gasteiger partial charge in [0.2, 0.25) is 5.95 Å². The van der Waals surface area contributed by atoms with Crippen LogP contribution in [0, 0.1) is 0 Å². The quantitative estimate of drug-likeness (QED) is 0.665. The molecular weight excluding hydrogens is 412 g/mol. The van der Waals surface area contributed by atoms with Crippen molar-refractivity contribution in [3.8, 4) is 11.1 Å². The molecule has 2 saturated heterocycles. The van der Waals surface area contributed by atoms with Gasteiger partial charge in [-0.1, -0.05) is 12.1 Å². The Bertz CT molecular complexity index is 1170. The number of aryl methyl sites for hydroxylation is 1. The summed E-state index contributed by atoms with van der Waals surface area (Å²) in [6.45, 7) is 7.46. The Balaban J connectivity index is 1.28. The minimum absolute atomic E-state index is 0.343. The highest BCUT2D eigenvalue weighted by Gasteiger charge is 2.32. The molecular formula is C25H32N8. The first-order chi connectivity index (χ1) is 16.0. The van der Waals surface area contributed by atoms with E-state index in [-0.39, 0.29) is 0 Å². The Morgan fingerprint density at radius 1 is 1.00 bits per heavy atom.